The van der Waals surface area contributed by atoms with Crippen LogP contribution in [0.3, 0.4) is 0 Å². The van der Waals surface area contributed by atoms with Gasteiger partial charge in [0.1, 0.15) is 25.7 Å². The second-order valence-electron chi connectivity index (χ2n) is 9.54. The first-order valence-electron chi connectivity index (χ1n) is 10.4. The summed E-state index contributed by atoms with van der Waals surface area (Å²) in [5.41, 5.74) is 0.170. The van der Waals surface area contributed by atoms with Crippen LogP contribution >= 0.6 is 0 Å². The molecule has 5 fully saturated rings. The molecule has 0 aromatic rings. The Balaban J connectivity index is 1.13. The first-order valence-corrected chi connectivity index (χ1v) is 10.4. The predicted molar refractivity (Wildman–Crippen MR) is 95.3 cm³/mol. The first-order chi connectivity index (χ1) is 12.0. The van der Waals surface area contributed by atoms with Crippen molar-refractivity contribution in [2.75, 3.05) is 59.7 Å². The van der Waals surface area contributed by atoms with Crippen LogP contribution in [0.4, 0.5) is 0 Å². The molecular formula is C20H36NO4+. The molecule has 5 heteroatoms. The van der Waals surface area contributed by atoms with E-state index in [1.54, 1.807) is 0 Å². The van der Waals surface area contributed by atoms with Crippen molar-refractivity contribution in [2.24, 2.45) is 17.8 Å². The van der Waals surface area contributed by atoms with Crippen LogP contribution < -0.4 is 0 Å². The van der Waals surface area contributed by atoms with E-state index in [0.717, 1.165) is 55.1 Å². The van der Waals surface area contributed by atoms with Crippen LogP contribution in [0, 0.1) is 17.8 Å². The quantitative estimate of drug-likeness (QED) is 0.534. The zero-order valence-corrected chi connectivity index (χ0v) is 15.8. The zero-order chi connectivity index (χ0) is 17.3. The van der Waals surface area contributed by atoms with E-state index in [0.29, 0.717) is 19.8 Å². The molecule has 144 valence electrons. The van der Waals surface area contributed by atoms with Crippen LogP contribution in [0.15, 0.2) is 0 Å². The molecule has 4 bridgehead atoms. The van der Waals surface area contributed by atoms with E-state index in [1.807, 2.05) is 0 Å². The molecule has 1 saturated heterocycles. The highest BCUT2D eigenvalue weighted by molar-refractivity contribution is 5.03. The third-order valence-corrected chi connectivity index (χ3v) is 7.13. The largest absolute Gasteiger partial charge is 0.385 e. The van der Waals surface area contributed by atoms with Gasteiger partial charge in [-0.05, 0) is 56.3 Å². The summed E-state index contributed by atoms with van der Waals surface area (Å²) in [6.07, 6.45) is 7.79. The molecule has 0 radical (unpaired) electrons. The minimum absolute atomic E-state index is 0.170. The second kappa shape index (κ2) is 7.43. The van der Waals surface area contributed by atoms with Gasteiger partial charge in [0.2, 0.25) is 0 Å². The van der Waals surface area contributed by atoms with Gasteiger partial charge in [0.05, 0.1) is 45.7 Å². The van der Waals surface area contributed by atoms with Crippen molar-refractivity contribution in [3.63, 3.8) is 0 Å². The molecule has 4 saturated carbocycles. The fraction of sp³-hybridized carbons (Fsp3) is 1.00. The Morgan fingerprint density at radius 2 is 1.64 bits per heavy atom. The lowest BCUT2D eigenvalue weighted by Gasteiger charge is -2.56. The van der Waals surface area contributed by atoms with Gasteiger partial charge in [-0.1, -0.05) is 0 Å². The number of nitrogens with zero attached hydrogens (tertiary/aromatic N) is 1. The molecule has 0 aromatic carbocycles. The summed E-state index contributed by atoms with van der Waals surface area (Å²) in [6, 6.07) is 0. The summed E-state index contributed by atoms with van der Waals surface area (Å²) in [7, 11) is 2.20. The van der Waals surface area contributed by atoms with Crippen LogP contribution in [-0.2, 0) is 14.2 Å². The number of rotatable bonds is 8. The molecule has 1 aliphatic heterocycles. The number of aliphatic hydroxyl groups excluding tert-OH is 1. The number of aliphatic hydroxyl groups is 1. The normalized spacial score (nSPS) is 40.3. The van der Waals surface area contributed by atoms with E-state index < -0.39 is 6.10 Å². The van der Waals surface area contributed by atoms with Crippen molar-refractivity contribution in [3.05, 3.63) is 0 Å². The molecule has 1 atom stereocenters. The number of hydrogen-bond donors (Lipinski definition) is 1. The number of likely N-dealkylation sites (N-methyl/N-ethyl adjacent to an activating group) is 1. The standard InChI is InChI=1S/C20H36NO4/c1-21(2-4-23-5-3-21)14-19(22)15-24-6-7-25-20-11-16-8-17(12-20)10-18(9-16)13-20/h16-19,22H,2-15H2,1H3/q+1. The van der Waals surface area contributed by atoms with Gasteiger partial charge in [-0.15, -0.1) is 0 Å². The molecule has 25 heavy (non-hydrogen) atoms. The predicted octanol–water partition coefficient (Wildman–Crippen LogP) is 1.83. The average Bonchev–Trinajstić information content (AvgIpc) is 2.53. The Bertz CT molecular complexity index is 414. The minimum atomic E-state index is -0.400. The Kier molecular flexibility index (Phi) is 5.40. The highest BCUT2D eigenvalue weighted by atomic mass is 16.5. The van der Waals surface area contributed by atoms with Crippen molar-refractivity contribution in [1.82, 2.24) is 0 Å². The lowest BCUT2D eigenvalue weighted by atomic mass is 9.54. The maximum absolute atomic E-state index is 10.3. The van der Waals surface area contributed by atoms with Crippen molar-refractivity contribution in [3.8, 4) is 0 Å². The topological polar surface area (TPSA) is 47.9 Å². The highest BCUT2D eigenvalue weighted by Gasteiger charge is 2.51. The van der Waals surface area contributed by atoms with E-state index in [2.05, 4.69) is 7.05 Å². The Hall–Kier alpha value is -0.200. The molecule has 0 amide bonds. The molecule has 4 aliphatic carbocycles. The Labute approximate surface area is 152 Å². The van der Waals surface area contributed by atoms with Gasteiger partial charge in [0.25, 0.3) is 0 Å². The van der Waals surface area contributed by atoms with Gasteiger partial charge in [-0.3, -0.25) is 0 Å². The van der Waals surface area contributed by atoms with Crippen LogP contribution in [0.5, 0.6) is 0 Å². The van der Waals surface area contributed by atoms with Crippen LogP contribution in [0.25, 0.3) is 0 Å². The summed E-state index contributed by atoms with van der Waals surface area (Å²) >= 11 is 0. The lowest BCUT2D eigenvalue weighted by molar-refractivity contribution is -0.919. The van der Waals surface area contributed by atoms with Crippen molar-refractivity contribution >= 4 is 0 Å². The van der Waals surface area contributed by atoms with E-state index in [1.165, 1.54) is 38.5 Å². The lowest BCUT2D eigenvalue weighted by Crippen LogP contribution is -2.55. The summed E-state index contributed by atoms with van der Waals surface area (Å²) in [6.45, 7) is 5.99. The fourth-order valence-electron chi connectivity index (χ4n) is 6.27. The van der Waals surface area contributed by atoms with Gasteiger partial charge in [0, 0.05) is 0 Å². The van der Waals surface area contributed by atoms with E-state index in [4.69, 9.17) is 14.2 Å². The van der Waals surface area contributed by atoms with Gasteiger partial charge in [-0.25, -0.2) is 0 Å². The molecule has 5 rings (SSSR count). The maximum atomic E-state index is 10.3. The van der Waals surface area contributed by atoms with Gasteiger partial charge >= 0.3 is 0 Å². The Morgan fingerprint density at radius 1 is 1.04 bits per heavy atom. The number of morpholine rings is 1. The molecular weight excluding hydrogens is 318 g/mol. The van der Waals surface area contributed by atoms with E-state index >= 15 is 0 Å². The minimum Gasteiger partial charge on any atom is -0.385 e. The van der Waals surface area contributed by atoms with Crippen molar-refractivity contribution < 1.29 is 23.8 Å². The van der Waals surface area contributed by atoms with E-state index in [-0.39, 0.29) is 5.60 Å². The van der Waals surface area contributed by atoms with Gasteiger partial charge in [-0.2, -0.15) is 0 Å². The first kappa shape index (κ1) is 18.2. The van der Waals surface area contributed by atoms with Crippen molar-refractivity contribution in [2.45, 2.75) is 50.2 Å². The molecule has 0 spiro atoms. The average molecular weight is 355 g/mol. The fourth-order valence-corrected chi connectivity index (χ4v) is 6.27. The third-order valence-electron chi connectivity index (χ3n) is 7.13. The summed E-state index contributed by atoms with van der Waals surface area (Å²) < 4.78 is 18.4. The maximum Gasteiger partial charge on any atom is 0.126 e. The Morgan fingerprint density at radius 3 is 2.24 bits per heavy atom. The van der Waals surface area contributed by atoms with Gasteiger partial charge in [0.15, 0.2) is 0 Å². The SMILES string of the molecule is C[N+]1(CC(O)COCCOC23CC4CC(CC(C4)C2)C3)CCOCC1. The van der Waals surface area contributed by atoms with Crippen LogP contribution in [0.1, 0.15) is 38.5 Å². The second-order valence-corrected chi connectivity index (χ2v) is 9.54. The van der Waals surface area contributed by atoms with Crippen LogP contribution in [-0.4, -0.2) is 81.0 Å². The number of ether oxygens (including phenoxy) is 3. The third kappa shape index (κ3) is 4.38. The van der Waals surface area contributed by atoms with Crippen LogP contribution in [0.2, 0.25) is 0 Å². The molecule has 5 aliphatic rings. The van der Waals surface area contributed by atoms with Crippen molar-refractivity contribution in [1.29, 1.82) is 0 Å². The number of hydrogen-bond acceptors (Lipinski definition) is 4. The smallest absolute Gasteiger partial charge is 0.126 e. The van der Waals surface area contributed by atoms with Gasteiger partial charge < -0.3 is 23.8 Å². The molecule has 0 aromatic heterocycles. The summed E-state index contributed by atoms with van der Waals surface area (Å²) in [4.78, 5) is 0. The molecule has 1 unspecified atom stereocenters. The summed E-state index contributed by atoms with van der Waals surface area (Å²) in [5, 5.41) is 10.3. The monoisotopic (exact) mass is 354 g/mol. The zero-order valence-electron chi connectivity index (χ0n) is 15.8. The molecule has 1 N–H and O–H groups in total. The highest BCUT2D eigenvalue weighted by Crippen LogP contribution is 2.57. The number of quaternary nitrogens is 1. The molecule has 1 heterocycles. The van der Waals surface area contributed by atoms with E-state index in [9.17, 15) is 5.11 Å². The molecule has 5 nitrogen and oxygen atoms in total. The summed E-state index contributed by atoms with van der Waals surface area (Å²) in [5.74, 6) is 2.77.